The lowest BCUT2D eigenvalue weighted by molar-refractivity contribution is -0.118. The van der Waals surface area contributed by atoms with Crippen LogP contribution in [-0.4, -0.2) is 38.9 Å². The molecular formula is C11H18N4O3S. The lowest BCUT2D eigenvalue weighted by Gasteiger charge is -2.11. The molecule has 0 bridgehead atoms. The first-order valence-electron chi connectivity index (χ1n) is 5.90. The summed E-state index contributed by atoms with van der Waals surface area (Å²) in [6.07, 6.45) is 1.42. The highest BCUT2D eigenvalue weighted by Crippen LogP contribution is 2.17. The van der Waals surface area contributed by atoms with Gasteiger partial charge in [-0.25, -0.2) is 18.1 Å². The fourth-order valence-electron chi connectivity index (χ4n) is 1.42. The fraction of sp³-hybridized carbons (Fsp3) is 0.455. The molecule has 1 rings (SSSR count). The molecule has 7 nitrogen and oxygen atoms in total. The molecule has 1 amide bonds. The summed E-state index contributed by atoms with van der Waals surface area (Å²) in [5.41, 5.74) is 0.456. The van der Waals surface area contributed by atoms with Gasteiger partial charge in [0.25, 0.3) is 10.0 Å². The van der Waals surface area contributed by atoms with Crippen molar-refractivity contribution in [3.63, 3.8) is 0 Å². The normalized spacial score (nSPS) is 11.1. The van der Waals surface area contributed by atoms with Crippen molar-refractivity contribution < 1.29 is 13.2 Å². The predicted molar refractivity (Wildman–Crippen MR) is 72.3 cm³/mol. The monoisotopic (exact) mass is 286 g/mol. The van der Waals surface area contributed by atoms with Crippen molar-refractivity contribution in [1.29, 1.82) is 0 Å². The van der Waals surface area contributed by atoms with Gasteiger partial charge in [-0.1, -0.05) is 0 Å². The number of nitrogens with one attached hydrogen (secondary N) is 3. The van der Waals surface area contributed by atoms with Gasteiger partial charge in [0, 0.05) is 32.8 Å². The third kappa shape index (κ3) is 4.84. The van der Waals surface area contributed by atoms with Crippen molar-refractivity contribution in [2.45, 2.75) is 18.9 Å². The summed E-state index contributed by atoms with van der Waals surface area (Å²) in [5.74, 6) is -0.203. The average Bonchev–Trinajstić information content (AvgIpc) is 2.35. The van der Waals surface area contributed by atoms with Crippen LogP contribution in [0.4, 0.5) is 5.69 Å². The maximum absolute atomic E-state index is 12.0. The summed E-state index contributed by atoms with van der Waals surface area (Å²) in [6.45, 7) is 4.19. The summed E-state index contributed by atoms with van der Waals surface area (Å²) >= 11 is 0. The van der Waals surface area contributed by atoms with E-state index in [4.69, 9.17) is 0 Å². The number of nitrogens with zero attached hydrogens (tertiary/aromatic N) is 1. The van der Waals surface area contributed by atoms with E-state index in [0.29, 0.717) is 12.2 Å². The van der Waals surface area contributed by atoms with Crippen molar-refractivity contribution in [3.8, 4) is 0 Å². The molecule has 0 radical (unpaired) electrons. The summed E-state index contributed by atoms with van der Waals surface area (Å²) in [4.78, 5) is 14.5. The SMILES string of the molecule is CCNc1cccnc1S(=O)(=O)NCCNC(C)=O. The second-order valence-corrected chi connectivity index (χ2v) is 5.45. The molecule has 1 heterocycles. The second-order valence-electron chi connectivity index (χ2n) is 3.77. The van der Waals surface area contributed by atoms with Crippen molar-refractivity contribution >= 4 is 21.6 Å². The topological polar surface area (TPSA) is 100 Å². The molecule has 19 heavy (non-hydrogen) atoms. The third-order valence-electron chi connectivity index (χ3n) is 2.18. The van der Waals surface area contributed by atoms with Crippen LogP contribution in [0.2, 0.25) is 0 Å². The minimum atomic E-state index is -3.69. The molecule has 8 heteroatoms. The Labute approximate surface area is 112 Å². The standard InChI is InChI=1S/C11H18N4O3S/c1-3-12-10-5-4-6-14-11(10)19(17,18)15-8-7-13-9(2)16/h4-6,12,15H,3,7-8H2,1-2H3,(H,13,16). The Kier molecular flexibility index (Phi) is 5.71. The van der Waals surface area contributed by atoms with E-state index >= 15 is 0 Å². The molecule has 0 aliphatic rings. The molecular weight excluding hydrogens is 268 g/mol. The van der Waals surface area contributed by atoms with Gasteiger partial charge in [0.2, 0.25) is 5.91 Å². The molecule has 0 saturated heterocycles. The van der Waals surface area contributed by atoms with Crippen LogP contribution < -0.4 is 15.4 Å². The van der Waals surface area contributed by atoms with E-state index in [0.717, 1.165) is 0 Å². The van der Waals surface area contributed by atoms with Gasteiger partial charge in [0.1, 0.15) is 0 Å². The molecule has 0 fully saturated rings. The van der Waals surface area contributed by atoms with Crippen LogP contribution in [0, 0.1) is 0 Å². The van der Waals surface area contributed by atoms with Gasteiger partial charge in [0.05, 0.1) is 5.69 Å². The van der Waals surface area contributed by atoms with Gasteiger partial charge in [0.15, 0.2) is 5.03 Å². The highest BCUT2D eigenvalue weighted by molar-refractivity contribution is 7.89. The molecule has 0 aliphatic carbocycles. The highest BCUT2D eigenvalue weighted by atomic mass is 32.2. The number of amides is 1. The zero-order chi connectivity index (χ0) is 14.3. The Balaban J connectivity index is 2.74. The number of sulfonamides is 1. The lowest BCUT2D eigenvalue weighted by atomic mass is 10.4. The first-order valence-corrected chi connectivity index (χ1v) is 7.38. The van der Waals surface area contributed by atoms with E-state index in [1.807, 2.05) is 6.92 Å². The molecule has 0 saturated carbocycles. The number of anilines is 1. The smallest absolute Gasteiger partial charge is 0.260 e. The van der Waals surface area contributed by atoms with Crippen molar-refractivity contribution in [2.75, 3.05) is 25.0 Å². The first kappa shape index (κ1) is 15.4. The molecule has 1 aromatic rings. The van der Waals surface area contributed by atoms with E-state index in [1.54, 1.807) is 12.1 Å². The van der Waals surface area contributed by atoms with E-state index < -0.39 is 10.0 Å². The number of rotatable bonds is 7. The molecule has 3 N–H and O–H groups in total. The number of hydrogen-bond acceptors (Lipinski definition) is 5. The summed E-state index contributed by atoms with van der Waals surface area (Å²) in [6, 6.07) is 3.31. The number of aromatic nitrogens is 1. The Bertz CT molecular complexity index is 530. The molecule has 106 valence electrons. The maximum Gasteiger partial charge on any atom is 0.260 e. The van der Waals surface area contributed by atoms with E-state index in [9.17, 15) is 13.2 Å². The van der Waals surface area contributed by atoms with Crippen LogP contribution in [-0.2, 0) is 14.8 Å². The number of carbonyl (C=O) groups is 1. The number of pyridine rings is 1. The Morgan fingerprint density at radius 2 is 2.11 bits per heavy atom. The van der Waals surface area contributed by atoms with Crippen molar-refractivity contribution in [1.82, 2.24) is 15.0 Å². The van der Waals surface area contributed by atoms with E-state index in [2.05, 4.69) is 20.3 Å². The Hall–Kier alpha value is -1.67. The van der Waals surface area contributed by atoms with E-state index in [1.165, 1.54) is 13.1 Å². The Morgan fingerprint density at radius 3 is 2.74 bits per heavy atom. The van der Waals surface area contributed by atoms with Gasteiger partial charge in [-0.3, -0.25) is 4.79 Å². The molecule has 0 unspecified atom stereocenters. The highest BCUT2D eigenvalue weighted by Gasteiger charge is 2.19. The zero-order valence-electron chi connectivity index (χ0n) is 10.9. The van der Waals surface area contributed by atoms with Gasteiger partial charge >= 0.3 is 0 Å². The quantitative estimate of drug-likeness (QED) is 0.609. The van der Waals surface area contributed by atoms with Gasteiger partial charge in [-0.2, -0.15) is 0 Å². The molecule has 1 aromatic heterocycles. The lowest BCUT2D eigenvalue weighted by Crippen LogP contribution is -2.34. The molecule has 0 aliphatic heterocycles. The third-order valence-corrected chi connectivity index (χ3v) is 3.60. The Morgan fingerprint density at radius 1 is 1.37 bits per heavy atom. The zero-order valence-corrected chi connectivity index (χ0v) is 11.8. The summed E-state index contributed by atoms with van der Waals surface area (Å²) in [7, 11) is -3.69. The van der Waals surface area contributed by atoms with Crippen LogP contribution in [0.5, 0.6) is 0 Å². The van der Waals surface area contributed by atoms with Crippen LogP contribution in [0.25, 0.3) is 0 Å². The first-order chi connectivity index (χ1) is 8.97. The van der Waals surface area contributed by atoms with Gasteiger partial charge in [-0.05, 0) is 19.1 Å². The molecule has 0 spiro atoms. The van der Waals surface area contributed by atoms with Crippen LogP contribution in [0.15, 0.2) is 23.4 Å². The second kappa shape index (κ2) is 7.05. The molecule has 0 aromatic carbocycles. The minimum Gasteiger partial charge on any atom is -0.383 e. The van der Waals surface area contributed by atoms with Gasteiger partial charge in [-0.15, -0.1) is 0 Å². The number of carbonyl (C=O) groups excluding carboxylic acids is 1. The van der Waals surface area contributed by atoms with Crippen LogP contribution in [0.3, 0.4) is 0 Å². The van der Waals surface area contributed by atoms with Crippen molar-refractivity contribution in [2.24, 2.45) is 0 Å². The minimum absolute atomic E-state index is 0.0420. The maximum atomic E-state index is 12.0. The molecule has 0 atom stereocenters. The number of hydrogen-bond donors (Lipinski definition) is 3. The summed E-state index contributed by atoms with van der Waals surface area (Å²) in [5, 5.41) is 5.40. The fourth-order valence-corrected chi connectivity index (χ4v) is 2.56. The predicted octanol–water partition coefficient (Wildman–Crippen LogP) is -0.0722. The van der Waals surface area contributed by atoms with Gasteiger partial charge < -0.3 is 10.6 Å². The average molecular weight is 286 g/mol. The van der Waals surface area contributed by atoms with Crippen LogP contribution >= 0.6 is 0 Å². The van der Waals surface area contributed by atoms with E-state index in [-0.39, 0.29) is 24.0 Å². The van der Waals surface area contributed by atoms with Crippen LogP contribution in [0.1, 0.15) is 13.8 Å². The van der Waals surface area contributed by atoms with Crippen molar-refractivity contribution in [3.05, 3.63) is 18.3 Å². The largest absolute Gasteiger partial charge is 0.383 e. The summed E-state index contributed by atoms with van der Waals surface area (Å²) < 4.78 is 26.5.